The summed E-state index contributed by atoms with van der Waals surface area (Å²) in [7, 11) is 0. The summed E-state index contributed by atoms with van der Waals surface area (Å²) in [5, 5.41) is 3.46. The molecule has 1 N–H and O–H groups in total. The number of rotatable bonds is 6. The molecule has 1 aliphatic rings. The van der Waals surface area contributed by atoms with Crippen molar-refractivity contribution >= 4 is 46.9 Å². The van der Waals surface area contributed by atoms with E-state index in [2.05, 4.69) is 5.32 Å². The fourth-order valence-electron chi connectivity index (χ4n) is 3.00. The monoisotopic (exact) mass is 448 g/mol. The van der Waals surface area contributed by atoms with Crippen LogP contribution in [0.15, 0.2) is 42.5 Å². The molecule has 0 saturated carbocycles. The zero-order chi connectivity index (χ0) is 22.0. The average Bonchev–Trinajstić information content (AvgIpc) is 2.92. The lowest BCUT2D eigenvalue weighted by molar-refractivity contribution is -0.171. The van der Waals surface area contributed by atoms with Gasteiger partial charge in [0, 0.05) is 5.02 Å². The van der Waals surface area contributed by atoms with E-state index in [9.17, 15) is 19.2 Å². The van der Waals surface area contributed by atoms with Crippen LogP contribution in [0.4, 0.5) is 0 Å². The molecule has 0 fully saturated rings. The molecule has 1 aliphatic heterocycles. The number of halogens is 2. The van der Waals surface area contributed by atoms with E-state index < -0.39 is 29.7 Å². The van der Waals surface area contributed by atoms with Crippen LogP contribution in [-0.4, -0.2) is 34.8 Å². The number of hydrogen-bond acceptors (Lipinski definition) is 5. The summed E-state index contributed by atoms with van der Waals surface area (Å²) in [5.74, 6) is -3.01. The number of nitrogens with one attached hydrogen (secondary N) is 1. The minimum Gasteiger partial charge on any atom is -0.338 e. The third-order valence-corrected chi connectivity index (χ3v) is 4.96. The summed E-state index contributed by atoms with van der Waals surface area (Å²) in [6, 6.07) is 9.39. The van der Waals surface area contributed by atoms with Crippen molar-refractivity contribution in [2.75, 3.05) is 0 Å². The highest BCUT2D eigenvalue weighted by Gasteiger charge is 2.40. The zero-order valence-corrected chi connectivity index (χ0v) is 17.7. The zero-order valence-electron chi connectivity index (χ0n) is 16.1. The Hall–Kier alpha value is -2.90. The molecular formula is C21H18Cl2N2O5. The van der Waals surface area contributed by atoms with Crippen molar-refractivity contribution in [1.82, 2.24) is 10.4 Å². The third kappa shape index (κ3) is 4.47. The second-order valence-corrected chi connectivity index (χ2v) is 7.98. The summed E-state index contributed by atoms with van der Waals surface area (Å²) in [6.45, 7) is 3.70. The molecule has 3 amide bonds. The van der Waals surface area contributed by atoms with Crippen LogP contribution in [0.2, 0.25) is 10.0 Å². The van der Waals surface area contributed by atoms with Crippen molar-refractivity contribution < 1.29 is 24.0 Å². The molecule has 7 nitrogen and oxygen atoms in total. The first-order valence-corrected chi connectivity index (χ1v) is 9.90. The maximum absolute atomic E-state index is 12.7. The van der Waals surface area contributed by atoms with E-state index in [0.29, 0.717) is 10.1 Å². The third-order valence-electron chi connectivity index (χ3n) is 4.41. The maximum atomic E-state index is 12.7. The molecule has 0 radical (unpaired) electrons. The number of nitrogens with zero attached hydrogens (tertiary/aromatic N) is 1. The minimum absolute atomic E-state index is 0.00529. The van der Waals surface area contributed by atoms with Gasteiger partial charge in [-0.05, 0) is 42.7 Å². The van der Waals surface area contributed by atoms with Gasteiger partial charge in [0.15, 0.2) is 0 Å². The molecule has 0 spiro atoms. The van der Waals surface area contributed by atoms with Gasteiger partial charge in [-0.2, -0.15) is 0 Å². The van der Waals surface area contributed by atoms with Crippen LogP contribution in [0.25, 0.3) is 0 Å². The standard InChI is InChI=1S/C21H18Cl2N2O5/c1-11(2)9-17(24-18(26)15-8-7-12(22)10-16(15)23)21(29)30-25-19(27)13-5-3-4-6-14(13)20(25)28/h3-8,10-11,17H,9H2,1-2H3,(H,24,26). The van der Waals surface area contributed by atoms with E-state index >= 15 is 0 Å². The first kappa shape index (κ1) is 21.8. The molecular weight excluding hydrogens is 431 g/mol. The van der Waals surface area contributed by atoms with Gasteiger partial charge in [0.2, 0.25) is 0 Å². The smallest absolute Gasteiger partial charge is 0.338 e. The van der Waals surface area contributed by atoms with E-state index in [0.717, 1.165) is 0 Å². The van der Waals surface area contributed by atoms with E-state index in [1.54, 1.807) is 12.1 Å². The number of carbonyl (C=O) groups is 4. The first-order valence-electron chi connectivity index (χ1n) is 9.14. The largest absolute Gasteiger partial charge is 0.355 e. The molecule has 1 heterocycles. The Morgan fingerprint density at radius 2 is 1.63 bits per heavy atom. The molecule has 0 aromatic heterocycles. The normalized spacial score (nSPS) is 14.0. The molecule has 156 valence electrons. The van der Waals surface area contributed by atoms with Gasteiger partial charge in [0.05, 0.1) is 21.7 Å². The number of amides is 3. The van der Waals surface area contributed by atoms with Crippen molar-refractivity contribution in [3.05, 3.63) is 69.2 Å². The van der Waals surface area contributed by atoms with Crippen LogP contribution in [0.5, 0.6) is 0 Å². The highest BCUT2D eigenvalue weighted by Crippen LogP contribution is 2.24. The summed E-state index contributed by atoms with van der Waals surface area (Å²) < 4.78 is 0. The minimum atomic E-state index is -1.10. The molecule has 3 rings (SSSR count). The molecule has 2 aromatic carbocycles. The Balaban J connectivity index is 1.77. The van der Waals surface area contributed by atoms with Crippen molar-refractivity contribution in [3.63, 3.8) is 0 Å². The highest BCUT2D eigenvalue weighted by atomic mass is 35.5. The van der Waals surface area contributed by atoms with Gasteiger partial charge in [-0.3, -0.25) is 14.4 Å². The predicted molar refractivity (Wildman–Crippen MR) is 110 cm³/mol. The Morgan fingerprint density at radius 3 is 2.17 bits per heavy atom. The average molecular weight is 449 g/mol. The molecule has 1 atom stereocenters. The van der Waals surface area contributed by atoms with Crippen LogP contribution in [-0.2, 0) is 9.63 Å². The summed E-state index contributed by atoms with van der Waals surface area (Å²) in [5.41, 5.74) is 0.420. The predicted octanol–water partition coefficient (Wildman–Crippen LogP) is 3.89. The number of imide groups is 1. The fraction of sp³-hybridized carbons (Fsp3) is 0.238. The summed E-state index contributed by atoms with van der Waals surface area (Å²) >= 11 is 11.9. The Morgan fingerprint density at radius 1 is 1.03 bits per heavy atom. The van der Waals surface area contributed by atoms with Gasteiger partial charge in [-0.1, -0.05) is 54.2 Å². The number of fused-ring (bicyclic) bond motifs is 1. The molecule has 0 saturated heterocycles. The van der Waals surface area contributed by atoms with Crippen LogP contribution in [0, 0.1) is 5.92 Å². The SMILES string of the molecule is CC(C)CC(NC(=O)c1ccc(Cl)cc1Cl)C(=O)ON1C(=O)c2ccccc2C1=O. The van der Waals surface area contributed by atoms with E-state index in [4.69, 9.17) is 28.0 Å². The second-order valence-electron chi connectivity index (χ2n) is 7.14. The number of hydrogen-bond donors (Lipinski definition) is 1. The Bertz CT molecular complexity index is 1000. The van der Waals surface area contributed by atoms with E-state index in [1.165, 1.54) is 30.3 Å². The van der Waals surface area contributed by atoms with Crippen molar-refractivity contribution in [2.24, 2.45) is 5.92 Å². The van der Waals surface area contributed by atoms with Gasteiger partial charge < -0.3 is 10.2 Å². The lowest BCUT2D eigenvalue weighted by Gasteiger charge is -2.21. The van der Waals surface area contributed by atoms with Gasteiger partial charge in [-0.25, -0.2) is 4.79 Å². The van der Waals surface area contributed by atoms with Crippen LogP contribution >= 0.6 is 23.2 Å². The molecule has 0 aliphatic carbocycles. The van der Waals surface area contributed by atoms with Crippen molar-refractivity contribution in [2.45, 2.75) is 26.3 Å². The number of hydroxylamine groups is 2. The lowest BCUT2D eigenvalue weighted by Crippen LogP contribution is -2.46. The first-order chi connectivity index (χ1) is 14.2. The molecule has 9 heteroatoms. The molecule has 1 unspecified atom stereocenters. The molecule has 0 bridgehead atoms. The lowest BCUT2D eigenvalue weighted by atomic mass is 10.0. The number of carbonyl (C=O) groups excluding carboxylic acids is 4. The van der Waals surface area contributed by atoms with E-state index in [-0.39, 0.29) is 34.1 Å². The van der Waals surface area contributed by atoms with E-state index in [1.807, 2.05) is 13.8 Å². The highest BCUT2D eigenvalue weighted by molar-refractivity contribution is 6.36. The maximum Gasteiger partial charge on any atom is 0.355 e. The van der Waals surface area contributed by atoms with Crippen LogP contribution in [0.3, 0.4) is 0 Å². The molecule has 2 aromatic rings. The Labute approximate surface area is 182 Å². The van der Waals surface area contributed by atoms with Crippen molar-refractivity contribution in [1.29, 1.82) is 0 Å². The quantitative estimate of drug-likeness (QED) is 0.676. The van der Waals surface area contributed by atoms with Gasteiger partial charge in [-0.15, -0.1) is 0 Å². The molecule has 30 heavy (non-hydrogen) atoms. The van der Waals surface area contributed by atoms with Gasteiger partial charge in [0.1, 0.15) is 6.04 Å². The summed E-state index contributed by atoms with van der Waals surface area (Å²) in [6.07, 6.45) is 0.221. The van der Waals surface area contributed by atoms with Crippen LogP contribution < -0.4 is 5.32 Å². The van der Waals surface area contributed by atoms with Gasteiger partial charge in [0.25, 0.3) is 17.7 Å². The summed E-state index contributed by atoms with van der Waals surface area (Å²) in [4.78, 5) is 55.3. The fourth-order valence-corrected chi connectivity index (χ4v) is 3.49. The topological polar surface area (TPSA) is 92.8 Å². The Kier molecular flexibility index (Phi) is 6.43. The van der Waals surface area contributed by atoms with Gasteiger partial charge >= 0.3 is 5.97 Å². The number of benzene rings is 2. The van der Waals surface area contributed by atoms with Crippen molar-refractivity contribution in [3.8, 4) is 0 Å². The second kappa shape index (κ2) is 8.85. The van der Waals surface area contributed by atoms with Crippen LogP contribution in [0.1, 0.15) is 51.3 Å².